The smallest absolute Gasteiger partial charge is 0.252 e. The Balaban J connectivity index is 1.38. The first kappa shape index (κ1) is 16.6. The van der Waals surface area contributed by atoms with Crippen LogP contribution in [0, 0.1) is 0 Å². The van der Waals surface area contributed by atoms with E-state index < -0.39 is 0 Å². The van der Waals surface area contributed by atoms with E-state index in [9.17, 15) is 9.59 Å². The van der Waals surface area contributed by atoms with E-state index >= 15 is 0 Å². The fraction of sp³-hybridized carbons (Fsp3) is 0.722. The number of aromatic amines is 1. The Bertz CT molecular complexity index is 698. The van der Waals surface area contributed by atoms with E-state index in [2.05, 4.69) is 20.2 Å². The maximum atomic E-state index is 13.1. The quantitative estimate of drug-likeness (QED) is 0.759. The molecule has 136 valence electrons. The minimum Gasteiger partial charge on any atom is -0.369 e. The van der Waals surface area contributed by atoms with Crippen molar-refractivity contribution in [2.75, 3.05) is 18.8 Å². The van der Waals surface area contributed by atoms with Crippen LogP contribution in [0.2, 0.25) is 0 Å². The highest BCUT2D eigenvalue weighted by Crippen LogP contribution is 2.40. The van der Waals surface area contributed by atoms with Gasteiger partial charge in [0.15, 0.2) is 0 Å². The molecule has 25 heavy (non-hydrogen) atoms. The predicted molar refractivity (Wildman–Crippen MR) is 95.2 cm³/mol. The van der Waals surface area contributed by atoms with Crippen LogP contribution in [-0.2, 0) is 4.79 Å². The average Bonchev–Trinajstić information content (AvgIpc) is 3.20. The molecule has 1 saturated heterocycles. The number of aromatic nitrogens is 2. The molecule has 1 aliphatic heterocycles. The van der Waals surface area contributed by atoms with Crippen LogP contribution in [-0.4, -0.2) is 45.4 Å². The molecule has 0 atom stereocenters. The predicted octanol–water partition coefficient (Wildman–Crippen LogP) is 1.12. The molecular formula is C18H27N5O2. The Hall–Kier alpha value is -1.89. The number of rotatable bonds is 4. The maximum absolute atomic E-state index is 13.1. The van der Waals surface area contributed by atoms with Crippen molar-refractivity contribution >= 4 is 11.9 Å². The Labute approximate surface area is 147 Å². The van der Waals surface area contributed by atoms with Crippen molar-refractivity contribution in [2.45, 2.75) is 68.9 Å². The number of hydrogen-bond acceptors (Lipinski definition) is 5. The highest BCUT2D eigenvalue weighted by Gasteiger charge is 2.48. The molecule has 1 aromatic rings. The number of carbonyl (C=O) groups excluding carboxylic acids is 1. The summed E-state index contributed by atoms with van der Waals surface area (Å²) in [7, 11) is 0. The molecule has 3 aliphatic rings. The van der Waals surface area contributed by atoms with Gasteiger partial charge in [-0.25, -0.2) is 4.98 Å². The lowest BCUT2D eigenvalue weighted by Gasteiger charge is -2.41. The third-order valence-electron chi connectivity index (χ3n) is 6.24. The summed E-state index contributed by atoms with van der Waals surface area (Å²) < 4.78 is 0. The van der Waals surface area contributed by atoms with Gasteiger partial charge in [-0.3, -0.25) is 19.5 Å². The molecule has 7 heteroatoms. The number of nitrogens with two attached hydrogens (primary N) is 1. The molecule has 2 saturated carbocycles. The van der Waals surface area contributed by atoms with Gasteiger partial charge in [-0.15, -0.1) is 0 Å². The molecule has 4 rings (SSSR count). The number of likely N-dealkylation sites (tertiary alicyclic amines) is 1. The molecule has 1 aromatic heterocycles. The standard InChI is InChI=1S/C18H27N5O2/c19-17-21-14(11-15(24)22-17)12-9-13(10-12)20-16(25)18(5-1-2-6-18)23-7-3-4-8-23/h11-13H,1-10H2,(H,20,25)(H3,19,21,22,24). The number of nitrogens with zero attached hydrogens (tertiary/aromatic N) is 2. The van der Waals surface area contributed by atoms with E-state index in [4.69, 9.17) is 5.73 Å². The zero-order chi connectivity index (χ0) is 17.4. The molecule has 2 heterocycles. The second-order valence-corrected chi connectivity index (χ2v) is 7.83. The largest absolute Gasteiger partial charge is 0.369 e. The number of H-pyrrole nitrogens is 1. The zero-order valence-electron chi connectivity index (χ0n) is 14.6. The topological polar surface area (TPSA) is 104 Å². The van der Waals surface area contributed by atoms with E-state index in [0.29, 0.717) is 0 Å². The number of nitrogen functional groups attached to an aromatic ring is 1. The van der Waals surface area contributed by atoms with Gasteiger partial charge in [0.2, 0.25) is 11.9 Å². The molecular weight excluding hydrogens is 318 g/mol. The van der Waals surface area contributed by atoms with Crippen LogP contribution in [0.3, 0.4) is 0 Å². The third-order valence-corrected chi connectivity index (χ3v) is 6.24. The van der Waals surface area contributed by atoms with Crippen molar-refractivity contribution < 1.29 is 4.79 Å². The normalized spacial score (nSPS) is 28.6. The van der Waals surface area contributed by atoms with Crippen molar-refractivity contribution in [3.05, 3.63) is 22.1 Å². The van der Waals surface area contributed by atoms with Gasteiger partial charge in [0.1, 0.15) is 5.54 Å². The summed E-state index contributed by atoms with van der Waals surface area (Å²) in [6.45, 7) is 2.10. The van der Waals surface area contributed by atoms with E-state index in [-0.39, 0.29) is 34.9 Å². The summed E-state index contributed by atoms with van der Waals surface area (Å²) in [5, 5.41) is 3.28. The molecule has 0 bridgehead atoms. The lowest BCUT2D eigenvalue weighted by atomic mass is 9.77. The van der Waals surface area contributed by atoms with Gasteiger partial charge >= 0.3 is 0 Å². The molecule has 0 unspecified atom stereocenters. The van der Waals surface area contributed by atoms with Gasteiger partial charge in [-0.05, 0) is 51.6 Å². The van der Waals surface area contributed by atoms with Crippen LogP contribution in [0.5, 0.6) is 0 Å². The van der Waals surface area contributed by atoms with Crippen molar-refractivity contribution in [3.8, 4) is 0 Å². The number of amides is 1. The summed E-state index contributed by atoms with van der Waals surface area (Å²) in [6, 6.07) is 1.70. The SMILES string of the molecule is Nc1nc(C2CC(NC(=O)C3(N4CCCC4)CCCC3)C2)cc(=O)[nH]1. The fourth-order valence-electron chi connectivity index (χ4n) is 4.79. The first-order valence-electron chi connectivity index (χ1n) is 9.49. The zero-order valence-corrected chi connectivity index (χ0v) is 14.6. The lowest BCUT2D eigenvalue weighted by Crippen LogP contribution is -2.59. The molecule has 1 amide bonds. The number of nitrogens with one attached hydrogen (secondary N) is 2. The Morgan fingerprint density at radius 2 is 1.92 bits per heavy atom. The Kier molecular flexibility index (Phi) is 4.27. The van der Waals surface area contributed by atoms with Gasteiger partial charge in [-0.1, -0.05) is 12.8 Å². The van der Waals surface area contributed by atoms with E-state index in [1.54, 1.807) is 0 Å². The molecule has 0 aromatic carbocycles. The van der Waals surface area contributed by atoms with Gasteiger partial charge in [-0.2, -0.15) is 0 Å². The Morgan fingerprint density at radius 1 is 1.24 bits per heavy atom. The minimum atomic E-state index is -0.270. The van der Waals surface area contributed by atoms with Gasteiger partial charge in [0.25, 0.3) is 5.56 Å². The molecule has 4 N–H and O–H groups in total. The van der Waals surface area contributed by atoms with Crippen LogP contribution in [0.1, 0.15) is 63.0 Å². The van der Waals surface area contributed by atoms with E-state index in [0.717, 1.165) is 57.3 Å². The number of anilines is 1. The van der Waals surface area contributed by atoms with Crippen LogP contribution in [0.15, 0.2) is 10.9 Å². The van der Waals surface area contributed by atoms with E-state index in [1.807, 2.05) is 0 Å². The van der Waals surface area contributed by atoms with Crippen molar-refractivity contribution in [1.82, 2.24) is 20.2 Å². The van der Waals surface area contributed by atoms with Gasteiger partial charge < -0.3 is 11.1 Å². The summed E-state index contributed by atoms with van der Waals surface area (Å²) >= 11 is 0. The molecule has 2 aliphatic carbocycles. The first-order chi connectivity index (χ1) is 12.1. The monoisotopic (exact) mass is 345 g/mol. The first-order valence-corrected chi connectivity index (χ1v) is 9.49. The Morgan fingerprint density at radius 3 is 2.56 bits per heavy atom. The second kappa shape index (κ2) is 6.44. The van der Waals surface area contributed by atoms with Crippen molar-refractivity contribution in [3.63, 3.8) is 0 Å². The van der Waals surface area contributed by atoms with Crippen LogP contribution >= 0.6 is 0 Å². The molecule has 0 radical (unpaired) electrons. The second-order valence-electron chi connectivity index (χ2n) is 7.83. The molecule has 7 nitrogen and oxygen atoms in total. The number of hydrogen-bond donors (Lipinski definition) is 3. The van der Waals surface area contributed by atoms with Crippen LogP contribution in [0.4, 0.5) is 5.95 Å². The van der Waals surface area contributed by atoms with Crippen molar-refractivity contribution in [2.24, 2.45) is 0 Å². The van der Waals surface area contributed by atoms with Gasteiger partial charge in [0.05, 0.1) is 5.69 Å². The van der Waals surface area contributed by atoms with E-state index in [1.165, 1.54) is 18.9 Å². The summed E-state index contributed by atoms with van der Waals surface area (Å²) in [4.78, 5) is 33.7. The summed E-state index contributed by atoms with van der Waals surface area (Å²) in [5.74, 6) is 0.587. The minimum absolute atomic E-state index is 0.161. The van der Waals surface area contributed by atoms with Crippen LogP contribution < -0.4 is 16.6 Å². The third kappa shape index (κ3) is 3.05. The molecule has 3 fully saturated rings. The van der Waals surface area contributed by atoms with Gasteiger partial charge in [0, 0.05) is 18.0 Å². The summed E-state index contributed by atoms with van der Waals surface area (Å²) in [6.07, 6.45) is 8.34. The van der Waals surface area contributed by atoms with Crippen LogP contribution in [0.25, 0.3) is 0 Å². The molecule has 0 spiro atoms. The van der Waals surface area contributed by atoms with Crippen molar-refractivity contribution in [1.29, 1.82) is 0 Å². The highest BCUT2D eigenvalue weighted by molar-refractivity contribution is 5.87. The average molecular weight is 345 g/mol. The number of carbonyl (C=O) groups is 1. The maximum Gasteiger partial charge on any atom is 0.252 e. The fourth-order valence-corrected chi connectivity index (χ4v) is 4.79. The lowest BCUT2D eigenvalue weighted by molar-refractivity contribution is -0.134. The highest BCUT2D eigenvalue weighted by atomic mass is 16.2. The summed E-state index contributed by atoms with van der Waals surface area (Å²) in [5.41, 5.74) is 5.87.